The highest BCUT2D eigenvalue weighted by atomic mass is 16.5. The molecule has 1 atom stereocenters. The largest absolute Gasteiger partial charge is 0.480 e. The second kappa shape index (κ2) is 4.80. The van der Waals surface area contributed by atoms with Crippen LogP contribution in [0.5, 0.6) is 0 Å². The molecule has 6 heteroatoms. The van der Waals surface area contributed by atoms with Crippen molar-refractivity contribution in [3.8, 4) is 0 Å². The highest BCUT2D eigenvalue weighted by Gasteiger charge is 2.33. The zero-order valence-electron chi connectivity index (χ0n) is 9.02. The highest BCUT2D eigenvalue weighted by molar-refractivity contribution is 5.85. The van der Waals surface area contributed by atoms with Crippen molar-refractivity contribution in [2.75, 3.05) is 26.3 Å². The number of carboxylic acid groups (broad SMARTS) is 1. The number of ether oxygens (including phenoxy) is 1. The summed E-state index contributed by atoms with van der Waals surface area (Å²) in [6.45, 7) is 1.10. The Morgan fingerprint density at radius 3 is 2.81 bits per heavy atom. The summed E-state index contributed by atoms with van der Waals surface area (Å²) in [6, 6.07) is -0.379. The van der Waals surface area contributed by atoms with E-state index in [4.69, 9.17) is 9.84 Å². The first-order chi connectivity index (χ1) is 7.68. The number of carboxylic acids is 1. The van der Waals surface area contributed by atoms with E-state index < -0.39 is 12.0 Å². The van der Waals surface area contributed by atoms with Crippen molar-refractivity contribution in [1.29, 1.82) is 0 Å². The highest BCUT2D eigenvalue weighted by Crippen LogP contribution is 2.18. The second-order valence-corrected chi connectivity index (χ2v) is 4.17. The number of nitrogens with one attached hydrogen (secondary N) is 1. The molecule has 1 aliphatic carbocycles. The SMILES string of the molecule is O=C(O)C1COCCN1C(=O)CNC1CC1. The minimum absolute atomic E-state index is 0.0878. The lowest BCUT2D eigenvalue weighted by Gasteiger charge is -2.32. The number of carbonyl (C=O) groups excluding carboxylic acids is 1. The second-order valence-electron chi connectivity index (χ2n) is 4.17. The first kappa shape index (κ1) is 11.3. The standard InChI is InChI=1S/C10H16N2O4/c13-9(5-11-7-1-2-7)12-3-4-16-6-8(12)10(14)15/h7-8,11H,1-6H2,(H,14,15). The number of rotatable bonds is 4. The molecule has 2 N–H and O–H groups in total. The Balaban J connectivity index is 1.87. The third-order valence-corrected chi connectivity index (χ3v) is 2.85. The van der Waals surface area contributed by atoms with Gasteiger partial charge in [0.25, 0.3) is 0 Å². The molecule has 1 saturated heterocycles. The molecule has 1 saturated carbocycles. The number of hydrogen-bond donors (Lipinski definition) is 2. The molecule has 1 heterocycles. The summed E-state index contributed by atoms with van der Waals surface area (Å²) in [7, 11) is 0. The predicted molar refractivity (Wildman–Crippen MR) is 55.0 cm³/mol. The summed E-state index contributed by atoms with van der Waals surface area (Å²) >= 11 is 0. The van der Waals surface area contributed by atoms with Crippen molar-refractivity contribution >= 4 is 11.9 Å². The third kappa shape index (κ3) is 2.70. The van der Waals surface area contributed by atoms with Crippen molar-refractivity contribution in [2.45, 2.75) is 24.9 Å². The van der Waals surface area contributed by atoms with Crippen molar-refractivity contribution in [2.24, 2.45) is 0 Å². The summed E-state index contributed by atoms with van der Waals surface area (Å²) in [5.74, 6) is -1.15. The average Bonchev–Trinajstić information content (AvgIpc) is 3.09. The molecule has 6 nitrogen and oxygen atoms in total. The quantitative estimate of drug-likeness (QED) is 0.648. The number of amides is 1. The maximum atomic E-state index is 11.8. The summed E-state index contributed by atoms with van der Waals surface area (Å²) in [5, 5.41) is 12.0. The molecule has 1 unspecified atom stereocenters. The molecule has 0 aromatic carbocycles. The lowest BCUT2D eigenvalue weighted by atomic mass is 10.2. The van der Waals surface area contributed by atoms with Crippen LogP contribution in [0.3, 0.4) is 0 Å². The molecule has 2 aliphatic rings. The van der Waals surface area contributed by atoms with Crippen LogP contribution in [0, 0.1) is 0 Å². The van der Waals surface area contributed by atoms with Gasteiger partial charge in [0.1, 0.15) is 0 Å². The maximum absolute atomic E-state index is 11.8. The molecule has 2 rings (SSSR count). The van der Waals surface area contributed by atoms with Crippen LogP contribution in [-0.2, 0) is 14.3 Å². The van der Waals surface area contributed by atoms with Crippen LogP contribution in [-0.4, -0.2) is 60.3 Å². The van der Waals surface area contributed by atoms with Gasteiger partial charge in [0, 0.05) is 12.6 Å². The topological polar surface area (TPSA) is 78.9 Å². The number of morpholine rings is 1. The third-order valence-electron chi connectivity index (χ3n) is 2.85. The lowest BCUT2D eigenvalue weighted by molar-refractivity contribution is -0.157. The summed E-state index contributed by atoms with van der Waals surface area (Å²) in [6.07, 6.45) is 2.22. The van der Waals surface area contributed by atoms with Crippen molar-refractivity contribution in [3.05, 3.63) is 0 Å². The van der Waals surface area contributed by atoms with Crippen LogP contribution in [0.1, 0.15) is 12.8 Å². The Hall–Kier alpha value is -1.14. The van der Waals surface area contributed by atoms with Gasteiger partial charge in [-0.05, 0) is 12.8 Å². The molecule has 0 bridgehead atoms. The van der Waals surface area contributed by atoms with E-state index in [1.807, 2.05) is 0 Å². The molecule has 0 radical (unpaired) electrons. The van der Waals surface area contributed by atoms with Crippen LogP contribution < -0.4 is 5.32 Å². The molecule has 1 aliphatic heterocycles. The van der Waals surface area contributed by atoms with Gasteiger partial charge in [0.05, 0.1) is 19.8 Å². The molecule has 0 spiro atoms. The van der Waals surface area contributed by atoms with Gasteiger partial charge in [-0.25, -0.2) is 4.79 Å². The van der Waals surface area contributed by atoms with E-state index in [2.05, 4.69) is 5.32 Å². The Bertz CT molecular complexity index is 291. The van der Waals surface area contributed by atoms with E-state index in [-0.39, 0.29) is 19.1 Å². The Morgan fingerprint density at radius 1 is 1.44 bits per heavy atom. The van der Waals surface area contributed by atoms with Gasteiger partial charge in [-0.15, -0.1) is 0 Å². The van der Waals surface area contributed by atoms with E-state index in [1.54, 1.807) is 0 Å². The Morgan fingerprint density at radius 2 is 2.19 bits per heavy atom. The van der Waals surface area contributed by atoms with Crippen LogP contribution in [0.25, 0.3) is 0 Å². The minimum Gasteiger partial charge on any atom is -0.480 e. The molecule has 2 fully saturated rings. The predicted octanol–water partition coefficient (Wildman–Crippen LogP) is -0.950. The van der Waals surface area contributed by atoms with Crippen LogP contribution in [0.15, 0.2) is 0 Å². The molecule has 0 aromatic rings. The Labute approximate surface area is 93.6 Å². The van der Waals surface area contributed by atoms with Gasteiger partial charge in [-0.2, -0.15) is 0 Å². The van der Waals surface area contributed by atoms with E-state index in [0.29, 0.717) is 19.2 Å². The normalized spacial score (nSPS) is 25.5. The van der Waals surface area contributed by atoms with Gasteiger partial charge >= 0.3 is 5.97 Å². The van der Waals surface area contributed by atoms with Gasteiger partial charge in [0.15, 0.2) is 6.04 Å². The fraction of sp³-hybridized carbons (Fsp3) is 0.800. The molecule has 90 valence electrons. The van der Waals surface area contributed by atoms with E-state index in [1.165, 1.54) is 4.90 Å². The number of carbonyl (C=O) groups is 2. The van der Waals surface area contributed by atoms with Gasteiger partial charge in [-0.1, -0.05) is 0 Å². The van der Waals surface area contributed by atoms with Crippen molar-refractivity contribution < 1.29 is 19.4 Å². The van der Waals surface area contributed by atoms with Crippen LogP contribution in [0.2, 0.25) is 0 Å². The molecule has 1 amide bonds. The Kier molecular flexibility index (Phi) is 3.40. The van der Waals surface area contributed by atoms with Gasteiger partial charge in [0.2, 0.25) is 5.91 Å². The maximum Gasteiger partial charge on any atom is 0.328 e. The smallest absolute Gasteiger partial charge is 0.328 e. The van der Waals surface area contributed by atoms with Gasteiger partial charge in [-0.3, -0.25) is 4.79 Å². The fourth-order valence-corrected chi connectivity index (χ4v) is 1.73. The van der Waals surface area contributed by atoms with Gasteiger partial charge < -0.3 is 20.1 Å². The first-order valence-corrected chi connectivity index (χ1v) is 5.52. The number of nitrogens with zero attached hydrogens (tertiary/aromatic N) is 1. The monoisotopic (exact) mass is 228 g/mol. The fourth-order valence-electron chi connectivity index (χ4n) is 1.73. The summed E-state index contributed by atoms with van der Waals surface area (Å²) in [4.78, 5) is 24.1. The van der Waals surface area contributed by atoms with E-state index in [9.17, 15) is 9.59 Å². The van der Waals surface area contributed by atoms with Crippen LogP contribution >= 0.6 is 0 Å². The molecular formula is C10H16N2O4. The summed E-state index contributed by atoms with van der Waals surface area (Å²) < 4.78 is 5.07. The van der Waals surface area contributed by atoms with E-state index in [0.717, 1.165) is 12.8 Å². The average molecular weight is 228 g/mol. The van der Waals surface area contributed by atoms with Crippen molar-refractivity contribution in [1.82, 2.24) is 10.2 Å². The molecule has 0 aromatic heterocycles. The first-order valence-electron chi connectivity index (χ1n) is 5.52. The number of aliphatic carboxylic acids is 1. The minimum atomic E-state index is -1.00. The van der Waals surface area contributed by atoms with E-state index >= 15 is 0 Å². The zero-order chi connectivity index (χ0) is 11.5. The molecular weight excluding hydrogens is 212 g/mol. The lowest BCUT2D eigenvalue weighted by Crippen LogP contribution is -2.54. The van der Waals surface area contributed by atoms with Crippen LogP contribution in [0.4, 0.5) is 0 Å². The zero-order valence-corrected chi connectivity index (χ0v) is 9.02. The number of hydrogen-bond acceptors (Lipinski definition) is 4. The molecule has 16 heavy (non-hydrogen) atoms. The summed E-state index contributed by atoms with van der Waals surface area (Å²) in [5.41, 5.74) is 0. The van der Waals surface area contributed by atoms with Crippen molar-refractivity contribution in [3.63, 3.8) is 0 Å².